The molecular formula is C15H15ClFNO. The minimum Gasteiger partial charge on any atom is -0.505 e. The number of hydrogen-bond donors (Lipinski definition) is 2. The van der Waals surface area contributed by atoms with Gasteiger partial charge in [0.1, 0.15) is 0 Å². The van der Waals surface area contributed by atoms with E-state index in [0.29, 0.717) is 6.54 Å². The van der Waals surface area contributed by atoms with Gasteiger partial charge in [0.15, 0.2) is 11.6 Å². The highest BCUT2D eigenvalue weighted by Gasteiger charge is 2.01. The van der Waals surface area contributed by atoms with Crippen LogP contribution >= 0.6 is 11.6 Å². The van der Waals surface area contributed by atoms with E-state index in [1.807, 2.05) is 24.3 Å². The Morgan fingerprint density at radius 3 is 2.42 bits per heavy atom. The van der Waals surface area contributed by atoms with Crippen LogP contribution in [0.2, 0.25) is 5.02 Å². The van der Waals surface area contributed by atoms with Crippen molar-refractivity contribution < 1.29 is 9.50 Å². The zero-order valence-corrected chi connectivity index (χ0v) is 11.1. The van der Waals surface area contributed by atoms with Crippen LogP contribution in [-0.4, -0.2) is 11.7 Å². The molecule has 2 aromatic rings. The molecule has 4 heteroatoms. The zero-order valence-electron chi connectivity index (χ0n) is 10.4. The van der Waals surface area contributed by atoms with Gasteiger partial charge >= 0.3 is 0 Å². The third-order valence-electron chi connectivity index (χ3n) is 2.84. The third-order valence-corrected chi connectivity index (χ3v) is 3.10. The lowest BCUT2D eigenvalue weighted by Crippen LogP contribution is -2.16. The normalized spacial score (nSPS) is 10.6. The van der Waals surface area contributed by atoms with Crippen molar-refractivity contribution in [2.24, 2.45) is 0 Å². The molecule has 0 saturated heterocycles. The standard InChI is InChI=1S/C15H15ClFNO/c16-13-4-1-11(2-5-13)7-8-18-10-12-3-6-15(19)14(17)9-12/h1-6,9,18-19H,7-8,10H2. The van der Waals surface area contributed by atoms with Gasteiger partial charge in [0.2, 0.25) is 0 Å². The second-order valence-electron chi connectivity index (χ2n) is 4.34. The quantitative estimate of drug-likeness (QED) is 0.821. The Morgan fingerprint density at radius 1 is 1.05 bits per heavy atom. The first kappa shape index (κ1) is 13.8. The topological polar surface area (TPSA) is 32.3 Å². The number of phenols is 1. The van der Waals surface area contributed by atoms with Crippen LogP contribution in [0.15, 0.2) is 42.5 Å². The highest BCUT2D eigenvalue weighted by molar-refractivity contribution is 6.30. The first-order valence-electron chi connectivity index (χ1n) is 6.08. The molecule has 100 valence electrons. The molecule has 0 heterocycles. The van der Waals surface area contributed by atoms with Gasteiger partial charge in [0.05, 0.1) is 0 Å². The van der Waals surface area contributed by atoms with Crippen LogP contribution in [0.3, 0.4) is 0 Å². The van der Waals surface area contributed by atoms with E-state index >= 15 is 0 Å². The minimum absolute atomic E-state index is 0.315. The molecule has 2 aromatic carbocycles. The molecule has 0 aliphatic heterocycles. The summed E-state index contributed by atoms with van der Waals surface area (Å²) in [5.41, 5.74) is 2.01. The Hall–Kier alpha value is -1.58. The number of hydrogen-bond acceptors (Lipinski definition) is 2. The van der Waals surface area contributed by atoms with E-state index in [1.54, 1.807) is 6.07 Å². The molecule has 0 spiro atoms. The van der Waals surface area contributed by atoms with Gasteiger partial charge in [-0.3, -0.25) is 0 Å². The summed E-state index contributed by atoms with van der Waals surface area (Å²) in [5, 5.41) is 13.0. The zero-order chi connectivity index (χ0) is 13.7. The van der Waals surface area contributed by atoms with Gasteiger partial charge in [-0.25, -0.2) is 4.39 Å². The van der Waals surface area contributed by atoms with Crippen LogP contribution in [0.5, 0.6) is 5.75 Å². The number of halogens is 2. The molecule has 0 radical (unpaired) electrons. The molecule has 0 unspecified atom stereocenters. The second-order valence-corrected chi connectivity index (χ2v) is 4.78. The third kappa shape index (κ3) is 4.23. The average Bonchev–Trinajstić information content (AvgIpc) is 2.41. The van der Waals surface area contributed by atoms with Crippen molar-refractivity contribution >= 4 is 11.6 Å². The predicted molar refractivity (Wildman–Crippen MR) is 74.9 cm³/mol. The molecule has 0 fully saturated rings. The number of benzene rings is 2. The van der Waals surface area contributed by atoms with Crippen molar-refractivity contribution in [1.82, 2.24) is 5.32 Å². The second kappa shape index (κ2) is 6.55. The fourth-order valence-electron chi connectivity index (χ4n) is 1.78. The molecular weight excluding hydrogens is 265 g/mol. The molecule has 19 heavy (non-hydrogen) atoms. The lowest BCUT2D eigenvalue weighted by Gasteiger charge is -2.06. The maximum absolute atomic E-state index is 13.1. The molecule has 0 amide bonds. The van der Waals surface area contributed by atoms with Gasteiger partial charge in [0, 0.05) is 11.6 Å². The molecule has 0 atom stereocenters. The number of phenolic OH excluding ortho intramolecular Hbond substituents is 1. The molecule has 2 N–H and O–H groups in total. The number of nitrogens with one attached hydrogen (secondary N) is 1. The van der Waals surface area contributed by atoms with Gasteiger partial charge in [-0.05, 0) is 48.4 Å². The lowest BCUT2D eigenvalue weighted by atomic mass is 10.1. The minimum atomic E-state index is -0.586. The SMILES string of the molecule is Oc1ccc(CNCCc2ccc(Cl)cc2)cc1F. The molecule has 0 saturated carbocycles. The van der Waals surface area contributed by atoms with Gasteiger partial charge in [-0.15, -0.1) is 0 Å². The van der Waals surface area contributed by atoms with E-state index in [4.69, 9.17) is 16.7 Å². The fourth-order valence-corrected chi connectivity index (χ4v) is 1.90. The summed E-state index contributed by atoms with van der Waals surface area (Å²) in [6, 6.07) is 12.1. The molecule has 2 rings (SSSR count). The number of rotatable bonds is 5. The first-order chi connectivity index (χ1) is 9.15. The van der Waals surface area contributed by atoms with Crippen molar-refractivity contribution in [2.75, 3.05) is 6.54 Å². The van der Waals surface area contributed by atoms with Gasteiger partial charge in [-0.1, -0.05) is 29.8 Å². The summed E-state index contributed by atoms with van der Waals surface area (Å²) in [5.74, 6) is -0.901. The van der Waals surface area contributed by atoms with E-state index in [9.17, 15) is 4.39 Å². The highest BCUT2D eigenvalue weighted by Crippen LogP contribution is 2.16. The van der Waals surface area contributed by atoms with Crippen LogP contribution in [0.25, 0.3) is 0 Å². The first-order valence-corrected chi connectivity index (χ1v) is 6.45. The van der Waals surface area contributed by atoms with Crippen molar-refractivity contribution in [3.8, 4) is 5.75 Å². The summed E-state index contributed by atoms with van der Waals surface area (Å²) >= 11 is 5.81. The van der Waals surface area contributed by atoms with Gasteiger partial charge in [-0.2, -0.15) is 0 Å². The van der Waals surface area contributed by atoms with E-state index in [2.05, 4.69) is 5.32 Å². The predicted octanol–water partition coefficient (Wildman–Crippen LogP) is 3.52. The average molecular weight is 280 g/mol. The van der Waals surface area contributed by atoms with Crippen molar-refractivity contribution in [1.29, 1.82) is 0 Å². The summed E-state index contributed by atoms with van der Waals surface area (Å²) in [6.45, 7) is 1.37. The fraction of sp³-hybridized carbons (Fsp3) is 0.200. The Balaban J connectivity index is 1.77. The molecule has 0 aliphatic carbocycles. The monoisotopic (exact) mass is 279 g/mol. The van der Waals surface area contributed by atoms with Crippen LogP contribution in [0.1, 0.15) is 11.1 Å². The molecule has 0 bridgehead atoms. The summed E-state index contributed by atoms with van der Waals surface area (Å²) in [6.07, 6.45) is 0.887. The summed E-state index contributed by atoms with van der Waals surface area (Å²) in [4.78, 5) is 0. The maximum Gasteiger partial charge on any atom is 0.165 e. The Bertz CT molecular complexity index is 542. The smallest absolute Gasteiger partial charge is 0.165 e. The van der Waals surface area contributed by atoms with Crippen LogP contribution in [-0.2, 0) is 13.0 Å². The van der Waals surface area contributed by atoms with Crippen LogP contribution in [0, 0.1) is 5.82 Å². The summed E-state index contributed by atoms with van der Waals surface area (Å²) in [7, 11) is 0. The number of aromatic hydroxyl groups is 1. The largest absolute Gasteiger partial charge is 0.505 e. The molecule has 0 aliphatic rings. The van der Waals surface area contributed by atoms with Gasteiger partial charge in [0.25, 0.3) is 0 Å². The Morgan fingerprint density at radius 2 is 1.74 bits per heavy atom. The Kier molecular flexibility index (Phi) is 4.77. The van der Waals surface area contributed by atoms with E-state index in [1.165, 1.54) is 17.7 Å². The summed E-state index contributed by atoms with van der Waals surface area (Å²) < 4.78 is 13.1. The van der Waals surface area contributed by atoms with Crippen LogP contribution < -0.4 is 5.32 Å². The van der Waals surface area contributed by atoms with E-state index in [0.717, 1.165) is 23.6 Å². The van der Waals surface area contributed by atoms with Crippen LogP contribution in [0.4, 0.5) is 4.39 Å². The van der Waals surface area contributed by atoms with Crippen molar-refractivity contribution in [3.05, 3.63) is 64.4 Å². The van der Waals surface area contributed by atoms with E-state index < -0.39 is 5.82 Å². The maximum atomic E-state index is 13.1. The van der Waals surface area contributed by atoms with Crippen molar-refractivity contribution in [3.63, 3.8) is 0 Å². The van der Waals surface area contributed by atoms with Crippen molar-refractivity contribution in [2.45, 2.75) is 13.0 Å². The Labute approximate surface area is 116 Å². The lowest BCUT2D eigenvalue weighted by molar-refractivity contribution is 0.431. The molecule has 2 nitrogen and oxygen atoms in total. The molecule has 0 aromatic heterocycles. The van der Waals surface area contributed by atoms with Gasteiger partial charge < -0.3 is 10.4 Å². The highest BCUT2D eigenvalue weighted by atomic mass is 35.5. The van der Waals surface area contributed by atoms with E-state index in [-0.39, 0.29) is 5.75 Å².